The smallest absolute Gasteiger partial charge is 0.391 e. The number of aliphatic hydroxyl groups is 1. The molecule has 6 atom stereocenters. The molecule has 0 bridgehead atoms. The number of piperazine rings is 2. The zero-order valence-electron chi connectivity index (χ0n) is 66.7. The number of aliphatic hydroxyl groups excluding tert-OH is 1. The normalized spacial score (nSPS) is 19.9. The van der Waals surface area contributed by atoms with Crippen LogP contribution in [0.15, 0.2) is 147 Å². The van der Waals surface area contributed by atoms with Gasteiger partial charge in [0.15, 0.2) is 0 Å². The second kappa shape index (κ2) is 39.9. The average molecular weight is 1680 g/mol. The Balaban J connectivity index is 0.595. The maximum absolute atomic E-state index is 14.4. The third kappa shape index (κ3) is 24.2. The van der Waals surface area contributed by atoms with Crippen molar-refractivity contribution < 1.29 is 63.8 Å². The fourth-order valence-electron chi connectivity index (χ4n) is 15.9. The number of aromatic nitrogens is 1. The number of unbranched alkanes of at least 4 members (excludes halogenated alkanes) is 5. The van der Waals surface area contributed by atoms with E-state index < -0.39 is 82.3 Å². The van der Waals surface area contributed by atoms with Crippen LogP contribution in [0.25, 0.3) is 16.0 Å². The highest BCUT2D eigenvalue weighted by Crippen LogP contribution is 2.46. The summed E-state index contributed by atoms with van der Waals surface area (Å²) in [4.78, 5) is 85.6. The number of thiazole rings is 1. The number of carbonyl (C=O) groups is 5. The Morgan fingerprint density at radius 3 is 2.05 bits per heavy atom. The Morgan fingerprint density at radius 2 is 1.40 bits per heavy atom. The van der Waals surface area contributed by atoms with Gasteiger partial charge < -0.3 is 40.5 Å². The summed E-state index contributed by atoms with van der Waals surface area (Å²) in [5, 5.41) is 20.5. The van der Waals surface area contributed by atoms with E-state index >= 15 is 0 Å². The zero-order chi connectivity index (χ0) is 82.2. The lowest BCUT2D eigenvalue weighted by atomic mass is 9.69. The zero-order valence-corrected chi connectivity index (χ0v) is 70.8. The number of ether oxygens (including phenoxy) is 1. The van der Waals surface area contributed by atoms with Crippen molar-refractivity contribution in [2.45, 2.75) is 182 Å². The number of aryl methyl sites for hydroxylation is 1. The number of benzene rings is 5. The molecule has 5 aliphatic rings. The van der Waals surface area contributed by atoms with Gasteiger partial charge in [-0.2, -0.15) is 13.2 Å². The van der Waals surface area contributed by atoms with E-state index in [1.807, 2.05) is 116 Å². The summed E-state index contributed by atoms with van der Waals surface area (Å²) in [5.74, 6) is -1.50. The summed E-state index contributed by atoms with van der Waals surface area (Å²) in [5.41, 5.74) is 2.60. The first-order valence-corrected chi connectivity index (χ1v) is 45.4. The van der Waals surface area contributed by atoms with E-state index in [2.05, 4.69) is 59.6 Å². The molecular formula is C85H111ClF3N11O11S4. The SMILES string of the molecule is Cc1ncsc1-c1ccc([C@H](C)NC(=O)[C@@H]2C[C@@H](O)CN2C(=O)[C@@H](NC(=O)CCCCCCCCC(=O)N2CCN(CCC3(C)CCC(c4ccc(Cl)cc4)=C(CN4CCN(c5ccc(C(=O)NS(=O)(=O)c6ccc(N[C@H](CCN7CCOCC7)CSc7ccccc7)c(S(=O)(=O)C(F)(F)F)c6)cc5)CC4)C3)CC2)C(C)(C)C)cc1. The number of carbonyl (C=O) groups excluding carboxylic acids is 5. The van der Waals surface area contributed by atoms with Crippen LogP contribution in [0, 0.1) is 17.8 Å². The van der Waals surface area contributed by atoms with Gasteiger partial charge in [0.05, 0.1) is 52.0 Å². The number of hydrogen-bond donors (Lipinski definition) is 5. The molecule has 1 unspecified atom stereocenters. The van der Waals surface area contributed by atoms with Crippen LogP contribution >= 0.6 is 34.7 Å². The maximum Gasteiger partial charge on any atom is 0.501 e. The molecule has 0 radical (unpaired) electrons. The number of morpholine rings is 1. The molecule has 115 heavy (non-hydrogen) atoms. The van der Waals surface area contributed by atoms with Crippen LogP contribution in [0.3, 0.4) is 0 Å². The fourth-order valence-corrected chi connectivity index (χ4v) is 19.9. The Hall–Kier alpha value is -7.45. The van der Waals surface area contributed by atoms with Gasteiger partial charge in [0.1, 0.15) is 17.0 Å². The van der Waals surface area contributed by atoms with Crippen molar-refractivity contribution in [3.63, 3.8) is 0 Å². The summed E-state index contributed by atoms with van der Waals surface area (Å²) in [6.45, 7) is 22.4. The van der Waals surface area contributed by atoms with E-state index in [4.69, 9.17) is 16.3 Å². The van der Waals surface area contributed by atoms with Gasteiger partial charge in [0.25, 0.3) is 25.8 Å². The summed E-state index contributed by atoms with van der Waals surface area (Å²) >= 11 is 9.41. The Labute approximate surface area is 689 Å². The molecule has 5 heterocycles. The second-order valence-corrected chi connectivity index (χ2v) is 38.6. The molecule has 6 aromatic rings. The number of likely N-dealkylation sites (tertiary alicyclic amines) is 1. The van der Waals surface area contributed by atoms with E-state index in [1.165, 1.54) is 45.5 Å². The van der Waals surface area contributed by atoms with Crippen LogP contribution in [-0.2, 0) is 43.8 Å². The van der Waals surface area contributed by atoms with Gasteiger partial charge in [0, 0.05) is 137 Å². The van der Waals surface area contributed by atoms with Crippen LogP contribution in [0.4, 0.5) is 24.5 Å². The summed E-state index contributed by atoms with van der Waals surface area (Å²) < 4.78 is 105. The molecule has 22 nitrogen and oxygen atoms in total. The van der Waals surface area contributed by atoms with Gasteiger partial charge >= 0.3 is 5.51 Å². The Morgan fingerprint density at radius 1 is 0.757 bits per heavy atom. The first kappa shape index (κ1) is 88.4. The number of sulfonamides is 1. The number of anilines is 2. The van der Waals surface area contributed by atoms with E-state index in [1.54, 1.807) is 23.5 Å². The van der Waals surface area contributed by atoms with E-state index in [0.29, 0.717) is 95.1 Å². The molecule has 624 valence electrons. The standard InChI is InChI=1S/C85H111ClF3N11O11S4/c1-59(61-20-22-63(23-21-61)78-60(2)90-58-113-78)91-81(105)74-52-69(101)56-100(74)82(106)79(83(3,4)5)93-76(102)18-14-9-7-8-10-15-19-77(103)99-46-40-96(41-47-99)39-37-84(6)36-34-72(62-24-28-66(86)29-25-62)65(54-84)55-97-42-44-98(45-43-97)68-30-26-64(27-31-68)80(104)94-115(109,110)71-32-33-73(75(53-71)114(107,108)85(87,88)89)92-67(35-38-95-48-50-111-51-49-95)57-112-70-16-12-11-13-17-70/h11-13,16-17,20-33,53,58-59,67,69,74,79,92,101H,7-10,14-15,18-19,34-52,54-57H2,1-6H3,(H,91,105)(H,93,102)(H,94,104)/t59-,67+,69+,74-,79+,84?/m0/s1. The maximum atomic E-state index is 14.4. The van der Waals surface area contributed by atoms with Crippen molar-refractivity contribution in [1.29, 1.82) is 0 Å². The van der Waals surface area contributed by atoms with E-state index in [0.717, 1.165) is 141 Å². The van der Waals surface area contributed by atoms with Crippen molar-refractivity contribution in [1.82, 2.24) is 44.8 Å². The minimum absolute atomic E-state index is 0.00460. The molecule has 5 amide bonds. The lowest BCUT2D eigenvalue weighted by molar-refractivity contribution is -0.144. The minimum atomic E-state index is -6.11. The van der Waals surface area contributed by atoms with Gasteiger partial charge in [-0.1, -0.05) is 125 Å². The van der Waals surface area contributed by atoms with Crippen LogP contribution in [0.1, 0.15) is 158 Å². The van der Waals surface area contributed by atoms with E-state index in [-0.39, 0.29) is 54.1 Å². The van der Waals surface area contributed by atoms with Crippen LogP contribution in [-0.4, -0.2) is 221 Å². The van der Waals surface area contributed by atoms with Crippen LogP contribution < -0.4 is 25.6 Å². The number of nitrogens with zero attached hydrogens (tertiary/aromatic N) is 7. The third-order valence-corrected chi connectivity index (χ3v) is 28.2. The van der Waals surface area contributed by atoms with Crippen molar-refractivity contribution in [2.24, 2.45) is 10.8 Å². The Kier molecular flexibility index (Phi) is 30.6. The molecule has 30 heteroatoms. The highest BCUT2D eigenvalue weighted by atomic mass is 35.5. The number of rotatable bonds is 34. The third-order valence-electron chi connectivity index (χ3n) is 22.9. The first-order valence-electron chi connectivity index (χ1n) is 40.2. The first-order chi connectivity index (χ1) is 54.8. The van der Waals surface area contributed by atoms with Gasteiger partial charge in [0.2, 0.25) is 23.6 Å². The molecular weight excluding hydrogens is 1570 g/mol. The van der Waals surface area contributed by atoms with E-state index in [9.17, 15) is 59.1 Å². The fraction of sp³-hybridized carbons (Fsp3) is 0.529. The molecule has 4 aliphatic heterocycles. The number of halogens is 4. The molecule has 5 aromatic carbocycles. The molecule has 1 aromatic heterocycles. The topological polar surface area (TPSA) is 264 Å². The predicted octanol–water partition coefficient (Wildman–Crippen LogP) is 13.3. The van der Waals surface area contributed by atoms with Gasteiger partial charge in [-0.15, -0.1) is 23.1 Å². The number of sulfone groups is 1. The average Bonchev–Trinajstić information content (AvgIpc) is 1.38. The molecule has 4 saturated heterocycles. The van der Waals surface area contributed by atoms with Gasteiger partial charge in [-0.25, -0.2) is 26.5 Å². The quantitative estimate of drug-likeness (QED) is 0.0186. The number of β-amino-alcohol motifs (C(OH)–C–C–N with tert-alkyl or cyclic N) is 1. The Bertz CT molecular complexity index is 4560. The lowest BCUT2D eigenvalue weighted by Gasteiger charge is -2.42. The van der Waals surface area contributed by atoms with Crippen LogP contribution in [0.5, 0.6) is 0 Å². The van der Waals surface area contributed by atoms with Crippen molar-refractivity contribution in [2.75, 3.05) is 121 Å². The molecule has 5 N–H and O–H groups in total. The lowest BCUT2D eigenvalue weighted by Crippen LogP contribution is -2.57. The van der Waals surface area contributed by atoms with Crippen molar-refractivity contribution >= 4 is 101 Å². The number of nitrogens with one attached hydrogen (secondary N) is 4. The largest absolute Gasteiger partial charge is 0.501 e. The molecule has 11 rings (SSSR count). The van der Waals surface area contributed by atoms with Crippen molar-refractivity contribution in [3.8, 4) is 10.4 Å². The molecule has 4 fully saturated rings. The van der Waals surface area contributed by atoms with Gasteiger partial charge in [-0.3, -0.25) is 38.7 Å². The molecule has 0 saturated carbocycles. The van der Waals surface area contributed by atoms with Crippen LogP contribution in [0.2, 0.25) is 5.02 Å². The summed E-state index contributed by atoms with van der Waals surface area (Å²) in [6.07, 6.45) is 9.35. The second-order valence-electron chi connectivity index (χ2n) is 32.6. The number of hydrogen-bond acceptors (Lipinski definition) is 19. The highest BCUT2D eigenvalue weighted by molar-refractivity contribution is 7.99. The minimum Gasteiger partial charge on any atom is -0.391 e. The number of amides is 5. The molecule has 1 aliphatic carbocycles. The monoisotopic (exact) mass is 1680 g/mol. The van der Waals surface area contributed by atoms with Gasteiger partial charge in [-0.05, 0) is 165 Å². The number of alkyl halides is 3. The molecule has 0 spiro atoms. The summed E-state index contributed by atoms with van der Waals surface area (Å²) in [6, 6.07) is 31.5. The highest BCUT2D eigenvalue weighted by Gasteiger charge is 2.49. The van der Waals surface area contributed by atoms with Crippen molar-refractivity contribution in [3.05, 3.63) is 160 Å². The number of allylic oxidation sites excluding steroid dienone is 1. The number of thioether (sulfide) groups is 1. The predicted molar refractivity (Wildman–Crippen MR) is 447 cm³/mol. The summed E-state index contributed by atoms with van der Waals surface area (Å²) in [7, 11) is -11.0.